The molecule has 1 aromatic heterocycles. The van der Waals surface area contributed by atoms with Crippen molar-refractivity contribution in [3.05, 3.63) is 27.2 Å². The fourth-order valence-electron chi connectivity index (χ4n) is 0.716. The molecule has 0 atom stereocenters. The molecule has 13 heavy (non-hydrogen) atoms. The van der Waals surface area contributed by atoms with E-state index in [1.54, 1.807) is 12.2 Å². The highest BCUT2D eigenvalue weighted by molar-refractivity contribution is 6.37. The minimum Gasteiger partial charge on any atom is -0.327 e. The van der Waals surface area contributed by atoms with Crippen LogP contribution in [0.1, 0.15) is 5.56 Å². The monoisotopic (exact) mass is 237 g/mol. The first-order chi connectivity index (χ1) is 6.15. The Labute approximate surface area is 90.5 Å². The Morgan fingerprint density at radius 2 is 1.69 bits per heavy atom. The van der Waals surface area contributed by atoms with Gasteiger partial charge in [0.15, 0.2) is 0 Å². The van der Waals surface area contributed by atoms with E-state index < -0.39 is 0 Å². The molecule has 6 heteroatoms. The van der Waals surface area contributed by atoms with Crippen molar-refractivity contribution in [1.29, 1.82) is 0 Å². The first-order valence-electron chi connectivity index (χ1n) is 3.40. The van der Waals surface area contributed by atoms with E-state index in [-0.39, 0.29) is 15.6 Å². The number of aromatic nitrogens is 2. The minimum absolute atomic E-state index is 0.0277. The Hall–Kier alpha value is -0.350. The van der Waals surface area contributed by atoms with Crippen LogP contribution in [-0.2, 0) is 0 Å². The summed E-state index contributed by atoms with van der Waals surface area (Å²) in [6.07, 6.45) is 3.35. The van der Waals surface area contributed by atoms with Gasteiger partial charge in [-0.3, -0.25) is 0 Å². The summed E-state index contributed by atoms with van der Waals surface area (Å²) in [5.74, 6) is 0. The summed E-state index contributed by atoms with van der Waals surface area (Å²) in [5.41, 5.74) is 5.79. The Balaban J connectivity index is 3.13. The number of halogens is 3. The van der Waals surface area contributed by atoms with Gasteiger partial charge in [0, 0.05) is 12.1 Å². The largest absolute Gasteiger partial charge is 0.327 e. The molecule has 0 aliphatic carbocycles. The molecule has 1 rings (SSSR count). The third kappa shape index (κ3) is 2.81. The van der Waals surface area contributed by atoms with E-state index in [4.69, 9.17) is 40.5 Å². The molecule has 0 saturated carbocycles. The van der Waals surface area contributed by atoms with Crippen molar-refractivity contribution in [3.8, 4) is 0 Å². The first kappa shape index (κ1) is 10.7. The molecule has 70 valence electrons. The van der Waals surface area contributed by atoms with E-state index in [1.165, 1.54) is 0 Å². The van der Waals surface area contributed by atoms with Crippen LogP contribution in [0.5, 0.6) is 0 Å². The van der Waals surface area contributed by atoms with Crippen molar-refractivity contribution < 1.29 is 0 Å². The van der Waals surface area contributed by atoms with Gasteiger partial charge >= 0.3 is 0 Å². The quantitative estimate of drug-likeness (QED) is 0.636. The molecule has 0 aliphatic rings. The van der Waals surface area contributed by atoms with Crippen LogP contribution in [0.3, 0.4) is 0 Å². The van der Waals surface area contributed by atoms with Gasteiger partial charge in [-0.2, -0.15) is 0 Å². The van der Waals surface area contributed by atoms with Gasteiger partial charge in [0.25, 0.3) is 0 Å². The van der Waals surface area contributed by atoms with Gasteiger partial charge in [0.2, 0.25) is 5.28 Å². The summed E-state index contributed by atoms with van der Waals surface area (Å²) in [4.78, 5) is 7.46. The van der Waals surface area contributed by atoms with Gasteiger partial charge in [-0.25, -0.2) is 9.97 Å². The van der Waals surface area contributed by atoms with Crippen molar-refractivity contribution in [2.75, 3.05) is 6.54 Å². The molecule has 0 radical (unpaired) electrons. The van der Waals surface area contributed by atoms with Gasteiger partial charge in [0.05, 0.1) is 0 Å². The lowest BCUT2D eigenvalue weighted by Gasteiger charge is -1.99. The van der Waals surface area contributed by atoms with E-state index in [2.05, 4.69) is 9.97 Å². The molecule has 0 fully saturated rings. The van der Waals surface area contributed by atoms with Crippen molar-refractivity contribution in [3.63, 3.8) is 0 Å². The summed E-state index contributed by atoms with van der Waals surface area (Å²) in [6, 6.07) is 0. The standard InChI is InChI=1S/C7H6Cl3N3/c8-5-4(2-1-3-11)6(9)13-7(10)12-5/h1-2H,3,11H2. The van der Waals surface area contributed by atoms with Crippen molar-refractivity contribution >= 4 is 40.9 Å². The molecule has 1 heterocycles. The third-order valence-electron chi connectivity index (χ3n) is 1.25. The van der Waals surface area contributed by atoms with Crippen molar-refractivity contribution in [2.24, 2.45) is 5.73 Å². The maximum atomic E-state index is 5.76. The normalized spacial score (nSPS) is 11.1. The molecule has 0 amide bonds. The molecular weight excluding hydrogens is 232 g/mol. The Morgan fingerprint density at radius 1 is 1.15 bits per heavy atom. The molecule has 3 nitrogen and oxygen atoms in total. The van der Waals surface area contributed by atoms with E-state index in [1.807, 2.05) is 0 Å². The summed E-state index contributed by atoms with van der Waals surface area (Å²) >= 11 is 17.0. The maximum absolute atomic E-state index is 5.76. The van der Waals surface area contributed by atoms with Crippen LogP contribution in [0.4, 0.5) is 0 Å². The number of hydrogen-bond donors (Lipinski definition) is 1. The highest BCUT2D eigenvalue weighted by atomic mass is 35.5. The van der Waals surface area contributed by atoms with E-state index >= 15 is 0 Å². The SMILES string of the molecule is NCC=Cc1c(Cl)nc(Cl)nc1Cl. The minimum atomic E-state index is 0.0277. The predicted octanol–water partition coefficient (Wildman–Crippen LogP) is 2.41. The summed E-state index contributed by atoms with van der Waals surface area (Å²) in [6.45, 7) is 0.398. The molecule has 1 aromatic rings. The van der Waals surface area contributed by atoms with Gasteiger partial charge in [-0.05, 0) is 11.6 Å². The van der Waals surface area contributed by atoms with Crippen LogP contribution >= 0.6 is 34.8 Å². The zero-order valence-electron chi connectivity index (χ0n) is 6.47. The topological polar surface area (TPSA) is 51.8 Å². The van der Waals surface area contributed by atoms with Gasteiger partial charge in [-0.1, -0.05) is 35.4 Å². The molecular formula is C7H6Cl3N3. The van der Waals surface area contributed by atoms with Crippen molar-refractivity contribution in [1.82, 2.24) is 9.97 Å². The second kappa shape index (κ2) is 4.77. The Morgan fingerprint density at radius 3 is 2.15 bits per heavy atom. The lowest BCUT2D eigenvalue weighted by Crippen LogP contribution is -1.94. The zero-order valence-corrected chi connectivity index (χ0v) is 8.74. The highest BCUT2D eigenvalue weighted by Gasteiger charge is 2.06. The van der Waals surface area contributed by atoms with Crippen LogP contribution in [0, 0.1) is 0 Å². The fourth-order valence-corrected chi connectivity index (χ4v) is 1.49. The van der Waals surface area contributed by atoms with Crippen LogP contribution in [-0.4, -0.2) is 16.5 Å². The lowest BCUT2D eigenvalue weighted by molar-refractivity contribution is 1.16. The fraction of sp³-hybridized carbons (Fsp3) is 0.143. The second-order valence-corrected chi connectivity index (χ2v) is 3.18. The number of hydrogen-bond acceptors (Lipinski definition) is 3. The average Bonchev–Trinajstić information content (AvgIpc) is 2.02. The number of nitrogens with two attached hydrogens (primary N) is 1. The van der Waals surface area contributed by atoms with Crippen LogP contribution in [0.2, 0.25) is 15.6 Å². The molecule has 0 spiro atoms. The predicted molar refractivity (Wildman–Crippen MR) is 55.2 cm³/mol. The van der Waals surface area contributed by atoms with Gasteiger partial charge in [-0.15, -0.1) is 0 Å². The van der Waals surface area contributed by atoms with Gasteiger partial charge < -0.3 is 5.73 Å². The summed E-state index contributed by atoms with van der Waals surface area (Å²) < 4.78 is 0. The second-order valence-electron chi connectivity index (χ2n) is 2.13. The molecule has 0 unspecified atom stereocenters. The molecule has 0 aliphatic heterocycles. The van der Waals surface area contributed by atoms with Crippen molar-refractivity contribution in [2.45, 2.75) is 0 Å². The number of rotatable bonds is 2. The maximum Gasteiger partial charge on any atom is 0.225 e. The third-order valence-corrected chi connectivity index (χ3v) is 1.99. The zero-order chi connectivity index (χ0) is 9.84. The van der Waals surface area contributed by atoms with Crippen LogP contribution < -0.4 is 5.73 Å². The first-order valence-corrected chi connectivity index (χ1v) is 4.53. The molecule has 0 saturated heterocycles. The molecule has 0 bridgehead atoms. The smallest absolute Gasteiger partial charge is 0.225 e. The average molecular weight is 239 g/mol. The molecule has 0 aromatic carbocycles. The summed E-state index contributed by atoms with van der Waals surface area (Å²) in [7, 11) is 0. The van der Waals surface area contributed by atoms with Crippen LogP contribution in [0.25, 0.3) is 6.08 Å². The summed E-state index contributed by atoms with van der Waals surface area (Å²) in [5, 5.41) is 0.462. The Bertz CT molecular complexity index is 315. The Kier molecular flexibility index (Phi) is 3.93. The van der Waals surface area contributed by atoms with Crippen LogP contribution in [0.15, 0.2) is 6.08 Å². The van der Waals surface area contributed by atoms with Gasteiger partial charge in [0.1, 0.15) is 10.3 Å². The lowest BCUT2D eigenvalue weighted by atomic mass is 10.3. The van der Waals surface area contributed by atoms with E-state index in [0.717, 1.165) is 0 Å². The number of nitrogens with zero attached hydrogens (tertiary/aromatic N) is 2. The molecule has 2 N–H and O–H groups in total. The van der Waals surface area contributed by atoms with E-state index in [9.17, 15) is 0 Å². The highest BCUT2D eigenvalue weighted by Crippen LogP contribution is 2.23. The van der Waals surface area contributed by atoms with E-state index in [0.29, 0.717) is 12.1 Å².